The third-order valence-corrected chi connectivity index (χ3v) is 3.26. The third kappa shape index (κ3) is 4.28. The van der Waals surface area contributed by atoms with E-state index < -0.39 is 11.7 Å². The molecule has 1 aromatic heterocycles. The first-order chi connectivity index (χ1) is 8.74. The van der Waals surface area contributed by atoms with Crippen LogP contribution in [-0.2, 0) is 0 Å². The van der Waals surface area contributed by atoms with Gasteiger partial charge in [-0.1, -0.05) is 13.8 Å². The molecule has 106 valence electrons. The Labute approximate surface area is 114 Å². The summed E-state index contributed by atoms with van der Waals surface area (Å²) in [7, 11) is 3.97. The van der Waals surface area contributed by atoms with Crippen LogP contribution in [0.15, 0.2) is 18.5 Å². The summed E-state index contributed by atoms with van der Waals surface area (Å²) < 4.78 is 13.5. The molecule has 0 radical (unpaired) electrons. The molecule has 5 heteroatoms. The molecule has 1 atom stereocenters. The van der Waals surface area contributed by atoms with Crippen molar-refractivity contribution < 1.29 is 9.18 Å². The van der Waals surface area contributed by atoms with Crippen LogP contribution in [0, 0.1) is 11.2 Å². The number of pyridine rings is 1. The van der Waals surface area contributed by atoms with Gasteiger partial charge in [-0.3, -0.25) is 9.78 Å². The number of carbonyl (C=O) groups is 1. The van der Waals surface area contributed by atoms with E-state index in [2.05, 4.69) is 29.0 Å². The maximum Gasteiger partial charge on any atom is 0.254 e. The zero-order valence-corrected chi connectivity index (χ0v) is 12.2. The van der Waals surface area contributed by atoms with Crippen molar-refractivity contribution in [3.63, 3.8) is 0 Å². The van der Waals surface area contributed by atoms with Crippen molar-refractivity contribution >= 4 is 5.91 Å². The van der Waals surface area contributed by atoms with Crippen LogP contribution in [0.3, 0.4) is 0 Å². The van der Waals surface area contributed by atoms with Crippen LogP contribution in [0.1, 0.15) is 31.1 Å². The second-order valence-corrected chi connectivity index (χ2v) is 5.78. The Morgan fingerprint density at radius 3 is 2.68 bits per heavy atom. The lowest BCUT2D eigenvalue weighted by atomic mass is 9.85. The van der Waals surface area contributed by atoms with Gasteiger partial charge >= 0.3 is 0 Å². The number of rotatable bonds is 5. The second-order valence-electron chi connectivity index (χ2n) is 5.78. The molecule has 4 nitrogen and oxygen atoms in total. The lowest BCUT2D eigenvalue weighted by molar-refractivity contribution is 0.0881. The molecule has 1 N–H and O–H groups in total. The number of nitrogens with one attached hydrogen (secondary N) is 1. The lowest BCUT2D eigenvalue weighted by Crippen LogP contribution is -2.47. The van der Waals surface area contributed by atoms with Gasteiger partial charge in [0.05, 0.1) is 11.8 Å². The molecule has 1 amide bonds. The summed E-state index contributed by atoms with van der Waals surface area (Å²) in [6, 6.07) is 1.31. The Morgan fingerprint density at radius 2 is 2.16 bits per heavy atom. The predicted molar refractivity (Wildman–Crippen MR) is 73.5 cm³/mol. The van der Waals surface area contributed by atoms with Crippen molar-refractivity contribution in [2.45, 2.75) is 26.8 Å². The lowest BCUT2D eigenvalue weighted by Gasteiger charge is -2.34. The molecule has 0 aromatic carbocycles. The maximum absolute atomic E-state index is 13.5. The average Bonchev–Trinajstić information content (AvgIpc) is 2.27. The van der Waals surface area contributed by atoms with Crippen LogP contribution < -0.4 is 5.32 Å². The second kappa shape index (κ2) is 6.10. The summed E-state index contributed by atoms with van der Waals surface area (Å²) in [4.78, 5) is 17.7. The summed E-state index contributed by atoms with van der Waals surface area (Å²) in [5, 5.41) is 2.85. The van der Waals surface area contributed by atoms with Crippen LogP contribution >= 0.6 is 0 Å². The highest BCUT2D eigenvalue weighted by Gasteiger charge is 2.28. The first kappa shape index (κ1) is 15.6. The van der Waals surface area contributed by atoms with Crippen molar-refractivity contribution in [3.8, 4) is 0 Å². The van der Waals surface area contributed by atoms with Crippen molar-refractivity contribution in [1.82, 2.24) is 15.2 Å². The van der Waals surface area contributed by atoms with E-state index in [1.165, 1.54) is 12.3 Å². The molecule has 1 heterocycles. The zero-order valence-electron chi connectivity index (χ0n) is 12.2. The van der Waals surface area contributed by atoms with Gasteiger partial charge < -0.3 is 10.2 Å². The van der Waals surface area contributed by atoms with Crippen LogP contribution in [0.25, 0.3) is 0 Å². The van der Waals surface area contributed by atoms with E-state index in [9.17, 15) is 9.18 Å². The molecular weight excluding hydrogens is 245 g/mol. The molecular formula is C14H22FN3O. The van der Waals surface area contributed by atoms with Gasteiger partial charge in [0, 0.05) is 18.8 Å². The SMILES string of the molecule is C[C@@H](NC(=O)c1ccncc1F)C(C)(C)CN(C)C. The van der Waals surface area contributed by atoms with Crippen molar-refractivity contribution in [2.24, 2.45) is 5.41 Å². The minimum atomic E-state index is -0.599. The quantitative estimate of drug-likeness (QED) is 0.886. The predicted octanol–water partition coefficient (Wildman–Crippen LogP) is 1.93. The number of carbonyl (C=O) groups excluding carboxylic acids is 1. The van der Waals surface area contributed by atoms with Crippen LogP contribution in [-0.4, -0.2) is 42.5 Å². The molecule has 0 spiro atoms. The van der Waals surface area contributed by atoms with E-state index in [0.717, 1.165) is 12.7 Å². The zero-order chi connectivity index (χ0) is 14.6. The smallest absolute Gasteiger partial charge is 0.254 e. The Kier molecular flexibility index (Phi) is 5.00. The molecule has 19 heavy (non-hydrogen) atoms. The fraction of sp³-hybridized carbons (Fsp3) is 0.571. The first-order valence-electron chi connectivity index (χ1n) is 6.29. The highest BCUT2D eigenvalue weighted by atomic mass is 19.1. The standard InChI is InChI=1S/C14H22FN3O/c1-10(14(2,3)9-18(4)5)17-13(19)11-6-7-16-8-12(11)15/h6-8,10H,9H2,1-5H3,(H,17,19)/t10-/m1/s1. The highest BCUT2D eigenvalue weighted by molar-refractivity contribution is 5.94. The van der Waals surface area contributed by atoms with Crippen LogP contribution in [0.5, 0.6) is 0 Å². The fourth-order valence-electron chi connectivity index (χ4n) is 1.98. The van der Waals surface area contributed by atoms with Gasteiger partial charge in [0.1, 0.15) is 0 Å². The van der Waals surface area contributed by atoms with Crippen LogP contribution in [0.4, 0.5) is 4.39 Å². The van der Waals surface area contributed by atoms with Crippen LogP contribution in [0.2, 0.25) is 0 Å². The van der Waals surface area contributed by atoms with E-state index in [-0.39, 0.29) is 17.0 Å². The molecule has 0 aliphatic heterocycles. The minimum Gasteiger partial charge on any atom is -0.349 e. The topological polar surface area (TPSA) is 45.2 Å². The monoisotopic (exact) mass is 267 g/mol. The number of aromatic nitrogens is 1. The number of hydrogen-bond acceptors (Lipinski definition) is 3. The highest BCUT2D eigenvalue weighted by Crippen LogP contribution is 2.21. The number of hydrogen-bond donors (Lipinski definition) is 1. The summed E-state index contributed by atoms with van der Waals surface area (Å²) in [5.41, 5.74) is -0.0784. The normalized spacial score (nSPS) is 13.4. The number of nitrogens with zero attached hydrogens (tertiary/aromatic N) is 2. The van der Waals surface area contributed by atoms with Gasteiger partial charge in [0.2, 0.25) is 0 Å². The van der Waals surface area contributed by atoms with E-state index in [1.54, 1.807) is 0 Å². The molecule has 0 bridgehead atoms. The van der Waals surface area contributed by atoms with Gasteiger partial charge in [-0.05, 0) is 32.5 Å². The Hall–Kier alpha value is -1.49. The summed E-state index contributed by atoms with van der Waals surface area (Å²) >= 11 is 0. The van der Waals surface area contributed by atoms with Gasteiger partial charge in [-0.25, -0.2) is 4.39 Å². The Balaban J connectivity index is 2.74. The molecule has 0 aliphatic rings. The minimum absolute atomic E-state index is 0.0301. The van der Waals surface area contributed by atoms with Gasteiger partial charge in [0.15, 0.2) is 5.82 Å². The third-order valence-electron chi connectivity index (χ3n) is 3.26. The van der Waals surface area contributed by atoms with E-state index in [0.29, 0.717) is 0 Å². The average molecular weight is 267 g/mol. The summed E-state index contributed by atoms with van der Waals surface area (Å²) in [6.07, 6.45) is 2.46. The molecule has 0 fully saturated rings. The Morgan fingerprint density at radius 1 is 1.53 bits per heavy atom. The summed E-state index contributed by atoms with van der Waals surface area (Å²) in [6.45, 7) is 6.90. The molecule has 1 aromatic rings. The number of halogens is 1. The Bertz CT molecular complexity index is 446. The molecule has 1 rings (SSSR count). The fourth-order valence-corrected chi connectivity index (χ4v) is 1.98. The van der Waals surface area contributed by atoms with E-state index >= 15 is 0 Å². The summed E-state index contributed by atoms with van der Waals surface area (Å²) in [5.74, 6) is -1.00. The van der Waals surface area contributed by atoms with Gasteiger partial charge in [-0.2, -0.15) is 0 Å². The maximum atomic E-state index is 13.5. The number of amides is 1. The van der Waals surface area contributed by atoms with Gasteiger partial charge in [0.25, 0.3) is 5.91 Å². The van der Waals surface area contributed by atoms with E-state index in [4.69, 9.17) is 0 Å². The van der Waals surface area contributed by atoms with Crippen molar-refractivity contribution in [2.75, 3.05) is 20.6 Å². The largest absolute Gasteiger partial charge is 0.349 e. The molecule has 0 unspecified atom stereocenters. The molecule has 0 saturated carbocycles. The molecule has 0 saturated heterocycles. The molecule has 0 aliphatic carbocycles. The van der Waals surface area contributed by atoms with Crippen molar-refractivity contribution in [3.05, 3.63) is 29.8 Å². The first-order valence-corrected chi connectivity index (χ1v) is 6.29. The van der Waals surface area contributed by atoms with Crippen molar-refractivity contribution in [1.29, 1.82) is 0 Å². The van der Waals surface area contributed by atoms with Gasteiger partial charge in [-0.15, -0.1) is 0 Å². The van der Waals surface area contributed by atoms with E-state index in [1.807, 2.05) is 21.0 Å².